The van der Waals surface area contributed by atoms with Gasteiger partial charge >= 0.3 is 0 Å². The van der Waals surface area contributed by atoms with E-state index in [1.54, 1.807) is 10.9 Å². The standard InChI is InChI=1S/C11H18N6/c1-4-5-17-8(2)14-15-11(17)10(12)9-6-13-16(3)7-9/h6-7,10H,4-5,12H2,1-3H3. The van der Waals surface area contributed by atoms with Gasteiger partial charge in [-0.1, -0.05) is 6.92 Å². The maximum atomic E-state index is 6.20. The predicted octanol–water partition coefficient (Wildman–Crippen LogP) is 0.778. The molecule has 0 spiro atoms. The van der Waals surface area contributed by atoms with Gasteiger partial charge in [-0.3, -0.25) is 4.68 Å². The first-order valence-corrected chi connectivity index (χ1v) is 5.77. The molecular formula is C11H18N6. The summed E-state index contributed by atoms with van der Waals surface area (Å²) in [5.74, 6) is 1.71. The SMILES string of the molecule is CCCn1c(C)nnc1C(N)c1cnn(C)c1. The fraction of sp³-hybridized carbons (Fsp3) is 0.545. The van der Waals surface area contributed by atoms with Crippen LogP contribution < -0.4 is 5.73 Å². The Kier molecular flexibility index (Phi) is 3.23. The van der Waals surface area contributed by atoms with Gasteiger partial charge in [0.1, 0.15) is 5.82 Å². The molecule has 0 fully saturated rings. The Hall–Kier alpha value is -1.69. The molecular weight excluding hydrogens is 216 g/mol. The summed E-state index contributed by atoms with van der Waals surface area (Å²) in [5.41, 5.74) is 7.15. The van der Waals surface area contributed by atoms with Crippen molar-refractivity contribution >= 4 is 0 Å². The van der Waals surface area contributed by atoms with Crippen LogP contribution in [0.25, 0.3) is 0 Å². The molecule has 0 saturated heterocycles. The van der Waals surface area contributed by atoms with Gasteiger partial charge in [0.25, 0.3) is 0 Å². The molecule has 2 rings (SSSR count). The minimum absolute atomic E-state index is 0.267. The second-order valence-electron chi connectivity index (χ2n) is 4.18. The first kappa shape index (κ1) is 11.8. The summed E-state index contributed by atoms with van der Waals surface area (Å²) in [6, 6.07) is -0.267. The molecule has 6 heteroatoms. The second kappa shape index (κ2) is 4.67. The Bertz CT molecular complexity index is 498. The van der Waals surface area contributed by atoms with E-state index >= 15 is 0 Å². The first-order valence-electron chi connectivity index (χ1n) is 5.77. The fourth-order valence-corrected chi connectivity index (χ4v) is 1.88. The number of nitrogens with two attached hydrogens (primary N) is 1. The van der Waals surface area contributed by atoms with Crippen molar-refractivity contribution in [3.8, 4) is 0 Å². The molecule has 0 aromatic carbocycles. The van der Waals surface area contributed by atoms with Crippen molar-refractivity contribution in [3.05, 3.63) is 29.6 Å². The molecule has 92 valence electrons. The van der Waals surface area contributed by atoms with Crippen molar-refractivity contribution in [2.75, 3.05) is 0 Å². The maximum absolute atomic E-state index is 6.20. The summed E-state index contributed by atoms with van der Waals surface area (Å²) in [7, 11) is 1.87. The zero-order chi connectivity index (χ0) is 12.4. The molecule has 2 N–H and O–H groups in total. The normalized spacial score (nSPS) is 12.9. The molecule has 17 heavy (non-hydrogen) atoms. The van der Waals surface area contributed by atoms with Crippen LogP contribution in [0.2, 0.25) is 0 Å². The lowest BCUT2D eigenvalue weighted by atomic mass is 10.1. The summed E-state index contributed by atoms with van der Waals surface area (Å²) in [6.45, 7) is 4.96. The highest BCUT2D eigenvalue weighted by Crippen LogP contribution is 2.18. The van der Waals surface area contributed by atoms with E-state index in [9.17, 15) is 0 Å². The number of aromatic nitrogens is 5. The largest absolute Gasteiger partial charge is 0.318 e. The van der Waals surface area contributed by atoms with Crippen LogP contribution in [0, 0.1) is 6.92 Å². The van der Waals surface area contributed by atoms with Crippen LogP contribution in [-0.4, -0.2) is 24.5 Å². The first-order chi connectivity index (χ1) is 8.13. The Morgan fingerprint density at radius 2 is 2.18 bits per heavy atom. The van der Waals surface area contributed by atoms with E-state index in [-0.39, 0.29) is 6.04 Å². The summed E-state index contributed by atoms with van der Waals surface area (Å²) in [4.78, 5) is 0. The highest BCUT2D eigenvalue weighted by Gasteiger charge is 2.18. The molecule has 1 atom stereocenters. The van der Waals surface area contributed by atoms with Gasteiger partial charge < -0.3 is 10.3 Å². The third-order valence-electron chi connectivity index (χ3n) is 2.77. The highest BCUT2D eigenvalue weighted by molar-refractivity contribution is 5.19. The monoisotopic (exact) mass is 234 g/mol. The van der Waals surface area contributed by atoms with E-state index in [2.05, 4.69) is 26.8 Å². The van der Waals surface area contributed by atoms with E-state index in [4.69, 9.17) is 5.73 Å². The lowest BCUT2D eigenvalue weighted by molar-refractivity contribution is 0.600. The molecule has 0 aliphatic carbocycles. The Labute approximate surface area is 100 Å². The minimum Gasteiger partial charge on any atom is -0.318 e. The predicted molar refractivity (Wildman–Crippen MR) is 64.3 cm³/mol. The topological polar surface area (TPSA) is 74.6 Å². The van der Waals surface area contributed by atoms with Crippen molar-refractivity contribution < 1.29 is 0 Å². The third kappa shape index (κ3) is 2.21. The van der Waals surface area contributed by atoms with Crippen molar-refractivity contribution in [3.63, 3.8) is 0 Å². The van der Waals surface area contributed by atoms with Gasteiger partial charge in [-0.25, -0.2) is 0 Å². The van der Waals surface area contributed by atoms with Gasteiger partial charge in [0.15, 0.2) is 5.82 Å². The molecule has 0 saturated carbocycles. The van der Waals surface area contributed by atoms with Crippen molar-refractivity contribution in [2.45, 2.75) is 32.9 Å². The van der Waals surface area contributed by atoms with Gasteiger partial charge in [-0.05, 0) is 13.3 Å². The minimum atomic E-state index is -0.267. The number of aryl methyl sites for hydroxylation is 2. The Balaban J connectivity index is 2.33. The number of rotatable bonds is 4. The molecule has 0 radical (unpaired) electrons. The zero-order valence-corrected chi connectivity index (χ0v) is 10.5. The molecule has 1 unspecified atom stereocenters. The van der Waals surface area contributed by atoms with Gasteiger partial charge in [0, 0.05) is 25.4 Å². The van der Waals surface area contributed by atoms with Crippen molar-refractivity contribution in [1.82, 2.24) is 24.5 Å². The Morgan fingerprint density at radius 1 is 1.41 bits per heavy atom. The van der Waals surface area contributed by atoms with E-state index in [0.29, 0.717) is 0 Å². The molecule has 0 amide bonds. The summed E-state index contributed by atoms with van der Waals surface area (Å²) in [6.07, 6.45) is 4.71. The summed E-state index contributed by atoms with van der Waals surface area (Å²) < 4.78 is 3.81. The van der Waals surface area contributed by atoms with E-state index < -0.39 is 0 Å². The van der Waals surface area contributed by atoms with E-state index in [1.807, 2.05) is 20.2 Å². The quantitative estimate of drug-likeness (QED) is 0.848. The molecule has 2 aromatic heterocycles. The molecule has 0 aliphatic heterocycles. The summed E-state index contributed by atoms with van der Waals surface area (Å²) in [5, 5.41) is 12.4. The molecule has 2 heterocycles. The average molecular weight is 234 g/mol. The third-order valence-corrected chi connectivity index (χ3v) is 2.77. The van der Waals surface area contributed by atoms with Gasteiger partial charge in [0.2, 0.25) is 0 Å². The number of hydrogen-bond donors (Lipinski definition) is 1. The summed E-state index contributed by atoms with van der Waals surface area (Å²) >= 11 is 0. The van der Waals surface area contributed by atoms with Crippen LogP contribution in [0.15, 0.2) is 12.4 Å². The van der Waals surface area contributed by atoms with E-state index in [1.165, 1.54) is 0 Å². The van der Waals surface area contributed by atoms with Crippen molar-refractivity contribution in [1.29, 1.82) is 0 Å². The maximum Gasteiger partial charge on any atom is 0.154 e. The van der Waals surface area contributed by atoms with Crippen LogP contribution in [0.4, 0.5) is 0 Å². The number of nitrogens with zero attached hydrogens (tertiary/aromatic N) is 5. The van der Waals surface area contributed by atoms with Crippen LogP contribution >= 0.6 is 0 Å². The van der Waals surface area contributed by atoms with Gasteiger partial charge in [-0.15, -0.1) is 10.2 Å². The van der Waals surface area contributed by atoms with Crippen LogP contribution in [0.3, 0.4) is 0 Å². The van der Waals surface area contributed by atoms with Crippen LogP contribution in [0.5, 0.6) is 0 Å². The lowest BCUT2D eigenvalue weighted by Gasteiger charge is -2.11. The second-order valence-corrected chi connectivity index (χ2v) is 4.18. The van der Waals surface area contributed by atoms with E-state index in [0.717, 1.165) is 30.2 Å². The zero-order valence-electron chi connectivity index (χ0n) is 10.5. The highest BCUT2D eigenvalue weighted by atomic mass is 15.3. The Morgan fingerprint density at radius 3 is 2.76 bits per heavy atom. The molecule has 2 aromatic rings. The fourth-order valence-electron chi connectivity index (χ4n) is 1.88. The molecule has 0 bridgehead atoms. The molecule has 6 nitrogen and oxygen atoms in total. The molecule has 0 aliphatic rings. The van der Waals surface area contributed by atoms with Crippen molar-refractivity contribution in [2.24, 2.45) is 12.8 Å². The van der Waals surface area contributed by atoms with Crippen LogP contribution in [0.1, 0.15) is 36.6 Å². The average Bonchev–Trinajstić information content (AvgIpc) is 2.87. The smallest absolute Gasteiger partial charge is 0.154 e. The van der Waals surface area contributed by atoms with Gasteiger partial charge in [0.05, 0.1) is 12.2 Å². The van der Waals surface area contributed by atoms with Gasteiger partial charge in [-0.2, -0.15) is 5.10 Å². The van der Waals surface area contributed by atoms with Crippen LogP contribution in [-0.2, 0) is 13.6 Å². The number of hydrogen-bond acceptors (Lipinski definition) is 4. The lowest BCUT2D eigenvalue weighted by Crippen LogP contribution is -2.18.